The molecule has 0 unspecified atom stereocenters. The predicted molar refractivity (Wildman–Crippen MR) is 38.0 cm³/mol. The Kier molecular flexibility index (Phi) is 2.11. The fraction of sp³-hybridized carbons (Fsp3) is 0. The van der Waals surface area contributed by atoms with Crippen molar-refractivity contribution in [1.29, 1.82) is 0 Å². The van der Waals surface area contributed by atoms with Gasteiger partial charge in [-0.2, -0.15) is 5.10 Å². The van der Waals surface area contributed by atoms with E-state index in [4.69, 9.17) is 0 Å². The number of hydrogen-bond acceptors (Lipinski definition) is 4. The molecule has 0 N–H and O–H groups in total. The second-order valence-electron chi connectivity index (χ2n) is 1.66. The number of aromatic nitrogens is 2. The zero-order chi connectivity index (χ0) is 7.40. The lowest BCUT2D eigenvalue weighted by atomic mass is 10.6. The van der Waals surface area contributed by atoms with Crippen molar-refractivity contribution < 1.29 is 9.53 Å². The SMILES string of the molecule is O=C([SiH3])Oc1cccnn1. The number of hydrogen-bond donors (Lipinski definition) is 0. The van der Waals surface area contributed by atoms with E-state index in [0.717, 1.165) is 0 Å². The van der Waals surface area contributed by atoms with Crippen molar-refractivity contribution in [3.63, 3.8) is 0 Å². The summed E-state index contributed by atoms with van der Waals surface area (Å²) in [4.78, 5) is 10.4. The van der Waals surface area contributed by atoms with Crippen LogP contribution in [0.3, 0.4) is 0 Å². The molecule has 0 amide bonds. The van der Waals surface area contributed by atoms with E-state index in [-0.39, 0.29) is 11.5 Å². The standard InChI is InChI=1S/C5H6N2O2Si/c8-5(10)9-4-2-1-3-6-7-4/h1-3H,10H3. The predicted octanol–water partition coefficient (Wildman–Crippen LogP) is -0.659. The minimum absolute atomic E-state index is 0.250. The van der Waals surface area contributed by atoms with E-state index in [0.29, 0.717) is 10.2 Å². The zero-order valence-corrected chi connectivity index (χ0v) is 7.44. The van der Waals surface area contributed by atoms with Gasteiger partial charge < -0.3 is 4.74 Å². The van der Waals surface area contributed by atoms with Crippen LogP contribution in [0, 0.1) is 0 Å². The molecule has 0 fully saturated rings. The van der Waals surface area contributed by atoms with Gasteiger partial charge in [0.25, 0.3) is 5.59 Å². The second-order valence-corrected chi connectivity index (χ2v) is 2.47. The molecule has 0 aliphatic heterocycles. The summed E-state index contributed by atoms with van der Waals surface area (Å²) in [5, 5.41) is 7.07. The van der Waals surface area contributed by atoms with Gasteiger partial charge in [0.2, 0.25) is 5.88 Å². The molecular formula is C5H6N2O2Si. The highest BCUT2D eigenvalue weighted by molar-refractivity contribution is 6.55. The molecule has 1 rings (SSSR count). The number of rotatable bonds is 1. The molecule has 5 heteroatoms. The first-order valence-electron chi connectivity index (χ1n) is 2.75. The zero-order valence-electron chi connectivity index (χ0n) is 5.44. The van der Waals surface area contributed by atoms with Crippen LogP contribution in [0.5, 0.6) is 5.88 Å². The lowest BCUT2D eigenvalue weighted by molar-refractivity contribution is 0.223. The van der Waals surface area contributed by atoms with Gasteiger partial charge in [-0.05, 0) is 6.07 Å². The van der Waals surface area contributed by atoms with Crippen molar-refractivity contribution in [2.24, 2.45) is 0 Å². The first-order valence-corrected chi connectivity index (χ1v) is 3.75. The number of ether oxygens (including phenoxy) is 1. The molecule has 52 valence electrons. The summed E-state index contributed by atoms with van der Waals surface area (Å²) in [5.41, 5.74) is -0.250. The maximum absolute atomic E-state index is 10.4. The topological polar surface area (TPSA) is 52.1 Å². The number of nitrogens with zero attached hydrogens (tertiary/aromatic N) is 2. The van der Waals surface area contributed by atoms with Crippen LogP contribution < -0.4 is 4.74 Å². The molecule has 1 heterocycles. The quantitative estimate of drug-likeness (QED) is 0.504. The molecule has 0 spiro atoms. The molecular weight excluding hydrogens is 148 g/mol. The maximum Gasteiger partial charge on any atom is 0.267 e. The van der Waals surface area contributed by atoms with Gasteiger partial charge in [-0.3, -0.25) is 4.79 Å². The Hall–Kier alpha value is -1.23. The fourth-order valence-corrected chi connectivity index (χ4v) is 0.698. The van der Waals surface area contributed by atoms with E-state index >= 15 is 0 Å². The summed E-state index contributed by atoms with van der Waals surface area (Å²) >= 11 is 0. The molecule has 0 aliphatic rings. The van der Waals surface area contributed by atoms with Crippen LogP contribution in [-0.2, 0) is 0 Å². The molecule has 4 nitrogen and oxygen atoms in total. The minimum Gasteiger partial charge on any atom is -0.411 e. The van der Waals surface area contributed by atoms with Gasteiger partial charge in [0.15, 0.2) is 0 Å². The van der Waals surface area contributed by atoms with Gasteiger partial charge in [0.05, 0.1) is 0 Å². The number of carbonyl (C=O) groups excluding carboxylic acids is 1. The van der Waals surface area contributed by atoms with E-state index in [2.05, 4.69) is 14.9 Å². The van der Waals surface area contributed by atoms with Crippen molar-refractivity contribution in [2.45, 2.75) is 0 Å². The number of carbonyl (C=O) groups is 1. The smallest absolute Gasteiger partial charge is 0.267 e. The van der Waals surface area contributed by atoms with Gasteiger partial charge in [0, 0.05) is 12.3 Å². The van der Waals surface area contributed by atoms with Crippen molar-refractivity contribution in [2.75, 3.05) is 0 Å². The van der Waals surface area contributed by atoms with Crippen LogP contribution in [0.25, 0.3) is 0 Å². The average Bonchev–Trinajstić information content (AvgIpc) is 1.88. The summed E-state index contributed by atoms with van der Waals surface area (Å²) in [6.07, 6.45) is 1.52. The van der Waals surface area contributed by atoms with Crippen LogP contribution in [0.4, 0.5) is 4.79 Å². The van der Waals surface area contributed by atoms with Crippen LogP contribution in [-0.4, -0.2) is 26.0 Å². The minimum atomic E-state index is -0.250. The van der Waals surface area contributed by atoms with Gasteiger partial charge in [-0.15, -0.1) is 5.10 Å². The Morgan fingerprint density at radius 3 is 3.00 bits per heavy atom. The second kappa shape index (κ2) is 3.07. The van der Waals surface area contributed by atoms with Crippen LogP contribution in [0.1, 0.15) is 0 Å². The molecule has 0 aliphatic carbocycles. The van der Waals surface area contributed by atoms with E-state index in [9.17, 15) is 4.79 Å². The van der Waals surface area contributed by atoms with Crippen molar-refractivity contribution in [3.05, 3.63) is 18.3 Å². The molecule has 0 saturated carbocycles. The van der Waals surface area contributed by atoms with E-state index in [1.165, 1.54) is 6.20 Å². The molecule has 0 bridgehead atoms. The van der Waals surface area contributed by atoms with Gasteiger partial charge >= 0.3 is 0 Å². The van der Waals surface area contributed by atoms with E-state index in [1.54, 1.807) is 12.1 Å². The van der Waals surface area contributed by atoms with Gasteiger partial charge in [0.1, 0.15) is 10.2 Å². The lowest BCUT2D eigenvalue weighted by Crippen LogP contribution is -2.05. The fourth-order valence-electron chi connectivity index (χ4n) is 0.489. The lowest BCUT2D eigenvalue weighted by Gasteiger charge is -1.95. The molecule has 0 atom stereocenters. The maximum atomic E-state index is 10.4. The first-order chi connectivity index (χ1) is 4.79. The Morgan fingerprint density at radius 2 is 2.50 bits per heavy atom. The molecule has 1 aromatic heterocycles. The third-order valence-electron chi connectivity index (χ3n) is 0.796. The third-order valence-corrected chi connectivity index (χ3v) is 1.00. The molecule has 10 heavy (non-hydrogen) atoms. The van der Waals surface area contributed by atoms with Crippen LogP contribution in [0.2, 0.25) is 0 Å². The summed E-state index contributed by atoms with van der Waals surface area (Å²) < 4.78 is 4.66. The van der Waals surface area contributed by atoms with Gasteiger partial charge in [-0.1, -0.05) is 0 Å². The average molecular weight is 154 g/mol. The summed E-state index contributed by atoms with van der Waals surface area (Å²) in [6.45, 7) is 0. The monoisotopic (exact) mass is 154 g/mol. The Morgan fingerprint density at radius 1 is 1.70 bits per heavy atom. The first kappa shape index (κ1) is 6.88. The Balaban J connectivity index is 2.67. The highest BCUT2D eigenvalue weighted by Crippen LogP contribution is 2.00. The van der Waals surface area contributed by atoms with Crippen molar-refractivity contribution in [1.82, 2.24) is 10.2 Å². The Labute approximate surface area is 60.7 Å². The summed E-state index contributed by atoms with van der Waals surface area (Å²) in [6, 6.07) is 3.25. The normalized spacial score (nSPS) is 9.20. The largest absolute Gasteiger partial charge is 0.411 e. The molecule has 0 saturated heterocycles. The van der Waals surface area contributed by atoms with Crippen molar-refractivity contribution >= 4 is 15.8 Å². The van der Waals surface area contributed by atoms with Crippen LogP contribution >= 0.6 is 0 Å². The molecule has 1 aromatic rings. The highest BCUT2D eigenvalue weighted by atomic mass is 28.1. The highest BCUT2D eigenvalue weighted by Gasteiger charge is 1.95. The van der Waals surface area contributed by atoms with Crippen molar-refractivity contribution in [3.8, 4) is 5.88 Å². The van der Waals surface area contributed by atoms with Crippen LogP contribution in [0.15, 0.2) is 18.3 Å². The summed E-state index contributed by atoms with van der Waals surface area (Å²) in [5.74, 6) is 0.266. The Bertz CT molecular complexity index is 226. The summed E-state index contributed by atoms with van der Waals surface area (Å²) in [7, 11) is 0.375. The van der Waals surface area contributed by atoms with E-state index < -0.39 is 0 Å². The molecule has 0 aromatic carbocycles. The third kappa shape index (κ3) is 1.94. The molecule has 0 radical (unpaired) electrons. The van der Waals surface area contributed by atoms with E-state index in [1.807, 2.05) is 0 Å². The van der Waals surface area contributed by atoms with Gasteiger partial charge in [-0.25, -0.2) is 0 Å².